The molecule has 1 heterocycles. The van der Waals surface area contributed by atoms with Crippen LogP contribution in [0.5, 0.6) is 0 Å². The summed E-state index contributed by atoms with van der Waals surface area (Å²) in [6.45, 7) is 0. The van der Waals surface area contributed by atoms with Gasteiger partial charge in [-0.3, -0.25) is 0 Å². The van der Waals surface area contributed by atoms with E-state index in [1.165, 1.54) is 30.6 Å². The van der Waals surface area contributed by atoms with Crippen molar-refractivity contribution < 1.29 is 0 Å². The molecule has 3 atom stereocenters. The van der Waals surface area contributed by atoms with Crippen LogP contribution in [0.2, 0.25) is 0 Å². The van der Waals surface area contributed by atoms with Crippen LogP contribution in [0.3, 0.4) is 0 Å². The van der Waals surface area contributed by atoms with E-state index in [0.717, 1.165) is 12.3 Å². The van der Waals surface area contributed by atoms with Gasteiger partial charge in [0, 0.05) is 17.0 Å². The van der Waals surface area contributed by atoms with E-state index in [9.17, 15) is 0 Å². The molecule has 17 heavy (non-hydrogen) atoms. The summed E-state index contributed by atoms with van der Waals surface area (Å²) in [4.78, 5) is 1.45. The third-order valence-electron chi connectivity index (χ3n) is 4.02. The Morgan fingerprint density at radius 2 is 2.24 bits per heavy atom. The molecule has 0 radical (unpaired) electrons. The van der Waals surface area contributed by atoms with Crippen LogP contribution in [0.1, 0.15) is 43.0 Å². The van der Waals surface area contributed by atoms with E-state index in [2.05, 4.69) is 28.9 Å². The fourth-order valence-electron chi connectivity index (χ4n) is 2.89. The maximum absolute atomic E-state index is 9.15. The fraction of sp³-hybridized carbons (Fsp3) is 0.643. The summed E-state index contributed by atoms with van der Waals surface area (Å²) >= 11 is 1.85. The lowest BCUT2D eigenvalue weighted by Gasteiger charge is -2.23. The van der Waals surface area contributed by atoms with Crippen LogP contribution >= 0.6 is 11.3 Å². The zero-order valence-corrected chi connectivity index (χ0v) is 10.7. The summed E-state index contributed by atoms with van der Waals surface area (Å²) in [6.07, 6.45) is 6.15. The highest BCUT2D eigenvalue weighted by Crippen LogP contribution is 2.43. The second kappa shape index (κ2) is 4.80. The lowest BCUT2D eigenvalue weighted by atomic mass is 10.0. The van der Waals surface area contributed by atoms with Crippen LogP contribution in [-0.2, 0) is 0 Å². The highest BCUT2D eigenvalue weighted by atomic mass is 32.1. The number of nitrogens with zero attached hydrogens (tertiary/aromatic N) is 1. The van der Waals surface area contributed by atoms with Crippen molar-refractivity contribution >= 4 is 11.3 Å². The van der Waals surface area contributed by atoms with Gasteiger partial charge in [-0.05, 0) is 43.0 Å². The third kappa shape index (κ3) is 2.38. The van der Waals surface area contributed by atoms with Gasteiger partial charge in [0.25, 0.3) is 0 Å². The topological polar surface area (TPSA) is 35.8 Å². The highest BCUT2D eigenvalue weighted by Gasteiger charge is 2.37. The SMILES string of the molecule is N#CC1CCCC1NC(c1cccs1)C1CC1. The lowest BCUT2D eigenvalue weighted by Crippen LogP contribution is -2.35. The van der Waals surface area contributed by atoms with Gasteiger partial charge < -0.3 is 5.32 Å². The normalized spacial score (nSPS) is 30.1. The molecule has 0 bridgehead atoms. The Morgan fingerprint density at radius 3 is 2.88 bits per heavy atom. The Bertz CT molecular complexity index is 402. The number of nitrogens with one attached hydrogen (secondary N) is 1. The smallest absolute Gasteiger partial charge is 0.0672 e. The molecule has 0 aromatic carbocycles. The van der Waals surface area contributed by atoms with E-state index in [0.29, 0.717) is 12.1 Å². The molecular weight excluding hydrogens is 228 g/mol. The van der Waals surface area contributed by atoms with Gasteiger partial charge in [-0.15, -0.1) is 11.3 Å². The summed E-state index contributed by atoms with van der Waals surface area (Å²) in [5.74, 6) is 1.05. The van der Waals surface area contributed by atoms with Gasteiger partial charge in [0.2, 0.25) is 0 Å². The minimum absolute atomic E-state index is 0.233. The number of hydrogen-bond acceptors (Lipinski definition) is 3. The predicted octanol–water partition coefficient (Wildman–Crippen LogP) is 3.48. The molecule has 1 aromatic rings. The first-order chi connectivity index (χ1) is 8.38. The molecule has 2 aliphatic carbocycles. The molecule has 0 spiro atoms. The van der Waals surface area contributed by atoms with Crippen molar-refractivity contribution in [1.29, 1.82) is 5.26 Å². The van der Waals surface area contributed by atoms with Crippen molar-refractivity contribution in [1.82, 2.24) is 5.32 Å². The van der Waals surface area contributed by atoms with Crippen LogP contribution in [0, 0.1) is 23.2 Å². The van der Waals surface area contributed by atoms with Gasteiger partial charge in [-0.2, -0.15) is 5.26 Å². The van der Waals surface area contributed by atoms with Gasteiger partial charge in [0.1, 0.15) is 0 Å². The molecule has 90 valence electrons. The average Bonchev–Trinajstić information content (AvgIpc) is 2.88. The van der Waals surface area contributed by atoms with E-state index in [4.69, 9.17) is 5.26 Å². The molecule has 2 fully saturated rings. The Balaban J connectivity index is 1.71. The third-order valence-corrected chi connectivity index (χ3v) is 4.97. The molecule has 3 heteroatoms. The van der Waals surface area contributed by atoms with E-state index in [1.54, 1.807) is 0 Å². The highest BCUT2D eigenvalue weighted by molar-refractivity contribution is 7.10. The second-order valence-electron chi connectivity index (χ2n) is 5.27. The zero-order valence-electron chi connectivity index (χ0n) is 9.93. The second-order valence-corrected chi connectivity index (χ2v) is 6.25. The minimum atomic E-state index is 0.233. The van der Waals surface area contributed by atoms with Crippen molar-refractivity contribution in [3.63, 3.8) is 0 Å². The largest absolute Gasteiger partial charge is 0.305 e. The molecule has 0 aliphatic heterocycles. The van der Waals surface area contributed by atoms with Crippen LogP contribution in [0.15, 0.2) is 17.5 Å². The first kappa shape index (κ1) is 11.3. The molecule has 3 unspecified atom stereocenters. The molecular formula is C14H18N2S. The Kier molecular flexibility index (Phi) is 3.17. The number of hydrogen-bond donors (Lipinski definition) is 1. The van der Waals surface area contributed by atoms with Crippen LogP contribution < -0.4 is 5.32 Å². The standard InChI is InChI=1S/C14H18N2S/c15-9-11-3-1-4-12(11)16-14(10-6-7-10)13-5-2-8-17-13/h2,5,8,10-12,14,16H,1,3-4,6-7H2. The first-order valence-corrected chi connectivity index (χ1v) is 7.45. The summed E-state index contributed by atoms with van der Waals surface area (Å²) in [5.41, 5.74) is 0. The van der Waals surface area contributed by atoms with E-state index >= 15 is 0 Å². The fourth-order valence-corrected chi connectivity index (χ4v) is 3.77. The molecule has 2 aliphatic rings. The Hall–Kier alpha value is -0.850. The number of rotatable bonds is 4. The summed E-state index contributed by atoms with van der Waals surface area (Å²) in [6, 6.07) is 7.76. The van der Waals surface area contributed by atoms with Crippen molar-refractivity contribution in [3.05, 3.63) is 22.4 Å². The number of thiophene rings is 1. The molecule has 1 N–H and O–H groups in total. The van der Waals surface area contributed by atoms with E-state index < -0.39 is 0 Å². The predicted molar refractivity (Wildman–Crippen MR) is 69.7 cm³/mol. The maximum atomic E-state index is 9.15. The lowest BCUT2D eigenvalue weighted by molar-refractivity contribution is 0.379. The summed E-state index contributed by atoms with van der Waals surface area (Å²) < 4.78 is 0. The summed E-state index contributed by atoms with van der Waals surface area (Å²) in [7, 11) is 0. The zero-order chi connectivity index (χ0) is 11.7. The molecule has 0 amide bonds. The first-order valence-electron chi connectivity index (χ1n) is 6.57. The van der Waals surface area contributed by atoms with Crippen LogP contribution in [0.25, 0.3) is 0 Å². The molecule has 1 aromatic heterocycles. The molecule has 3 rings (SSSR count). The maximum Gasteiger partial charge on any atom is 0.0672 e. The van der Waals surface area contributed by atoms with Gasteiger partial charge >= 0.3 is 0 Å². The average molecular weight is 246 g/mol. The minimum Gasteiger partial charge on any atom is -0.305 e. The molecule has 2 nitrogen and oxygen atoms in total. The van der Waals surface area contributed by atoms with Crippen molar-refractivity contribution in [2.24, 2.45) is 11.8 Å². The Labute approximate surface area is 107 Å². The van der Waals surface area contributed by atoms with E-state index in [1.807, 2.05) is 11.3 Å². The number of nitriles is 1. The Morgan fingerprint density at radius 1 is 1.35 bits per heavy atom. The summed E-state index contributed by atoms with van der Waals surface area (Å²) in [5, 5.41) is 15.1. The van der Waals surface area contributed by atoms with Crippen molar-refractivity contribution in [2.75, 3.05) is 0 Å². The monoisotopic (exact) mass is 246 g/mol. The van der Waals surface area contributed by atoms with Crippen LogP contribution in [0.4, 0.5) is 0 Å². The van der Waals surface area contributed by atoms with Crippen molar-refractivity contribution in [2.45, 2.75) is 44.2 Å². The van der Waals surface area contributed by atoms with E-state index in [-0.39, 0.29) is 5.92 Å². The molecule has 0 saturated heterocycles. The van der Waals surface area contributed by atoms with Crippen LogP contribution in [-0.4, -0.2) is 6.04 Å². The molecule has 2 saturated carbocycles. The quantitative estimate of drug-likeness (QED) is 0.883. The van der Waals surface area contributed by atoms with Crippen molar-refractivity contribution in [3.8, 4) is 6.07 Å². The van der Waals surface area contributed by atoms with Gasteiger partial charge in [-0.25, -0.2) is 0 Å². The van der Waals surface area contributed by atoms with Gasteiger partial charge in [-0.1, -0.05) is 12.5 Å². The van der Waals surface area contributed by atoms with Gasteiger partial charge in [0.15, 0.2) is 0 Å². The van der Waals surface area contributed by atoms with Gasteiger partial charge in [0.05, 0.1) is 12.0 Å².